The van der Waals surface area contributed by atoms with Crippen molar-refractivity contribution in [1.29, 1.82) is 0 Å². The van der Waals surface area contributed by atoms with Gasteiger partial charge in [-0.2, -0.15) is 0 Å². The fraction of sp³-hybridized carbons (Fsp3) is 0.333. The van der Waals surface area contributed by atoms with E-state index in [2.05, 4.69) is 24.8 Å². The summed E-state index contributed by atoms with van der Waals surface area (Å²) >= 11 is 7.54. The molecule has 28 heavy (non-hydrogen) atoms. The number of carbonyl (C=O) groups is 1. The molecule has 0 saturated heterocycles. The van der Waals surface area contributed by atoms with Crippen molar-refractivity contribution < 1.29 is 4.79 Å². The summed E-state index contributed by atoms with van der Waals surface area (Å²) in [5, 5.41) is 1.36. The first-order valence-corrected chi connectivity index (χ1v) is 10.4. The number of thiazole rings is 1. The van der Waals surface area contributed by atoms with Crippen molar-refractivity contribution in [3.8, 4) is 0 Å². The van der Waals surface area contributed by atoms with Gasteiger partial charge in [-0.05, 0) is 55.9 Å². The Labute approximate surface area is 181 Å². The van der Waals surface area contributed by atoms with Crippen LogP contribution in [0.1, 0.15) is 29.8 Å². The molecule has 0 saturated carbocycles. The lowest BCUT2D eigenvalue weighted by Gasteiger charge is -2.24. The highest BCUT2D eigenvalue weighted by Crippen LogP contribution is 2.31. The number of benzene rings is 2. The first-order chi connectivity index (χ1) is 13.0. The minimum absolute atomic E-state index is 0. The Balaban J connectivity index is 0.00000280. The van der Waals surface area contributed by atoms with Crippen LogP contribution in [0.5, 0.6) is 0 Å². The Kier molecular flexibility index (Phi) is 8.25. The monoisotopic (exact) mass is 437 g/mol. The zero-order chi connectivity index (χ0) is 19.4. The van der Waals surface area contributed by atoms with E-state index in [-0.39, 0.29) is 18.3 Å². The fourth-order valence-corrected chi connectivity index (χ4v) is 4.20. The molecule has 2 aromatic carbocycles. The average molecular weight is 438 g/mol. The molecule has 1 heterocycles. The molecule has 7 heteroatoms. The fourth-order valence-electron chi connectivity index (χ4n) is 3.00. The summed E-state index contributed by atoms with van der Waals surface area (Å²) in [6.45, 7) is 9.64. The van der Waals surface area contributed by atoms with Gasteiger partial charge in [0, 0.05) is 23.7 Å². The summed E-state index contributed by atoms with van der Waals surface area (Å²) in [5.41, 5.74) is 2.71. The molecule has 4 nitrogen and oxygen atoms in total. The van der Waals surface area contributed by atoms with Crippen LogP contribution in [0.3, 0.4) is 0 Å². The van der Waals surface area contributed by atoms with Gasteiger partial charge in [0.25, 0.3) is 5.91 Å². The lowest BCUT2D eigenvalue weighted by atomic mass is 10.2. The standard InChI is InChI=1S/C21H24ClN3OS.ClH/c1-4-24(5-2)13-14-25(20(26)16-9-11-17(22)12-10-16)21-23-19-15(3)7-6-8-18(19)27-21;/h6-12H,4-5,13-14H2,1-3H3;1H. The van der Waals surface area contributed by atoms with Crippen molar-refractivity contribution in [3.05, 3.63) is 58.6 Å². The number of amides is 1. The minimum atomic E-state index is -0.0458. The highest BCUT2D eigenvalue weighted by atomic mass is 35.5. The summed E-state index contributed by atoms with van der Waals surface area (Å²) in [4.78, 5) is 22.1. The Bertz CT molecular complexity index is 923. The van der Waals surface area contributed by atoms with Gasteiger partial charge in [-0.1, -0.05) is 48.9 Å². The van der Waals surface area contributed by atoms with Crippen molar-refractivity contribution in [1.82, 2.24) is 9.88 Å². The van der Waals surface area contributed by atoms with Crippen LogP contribution in [-0.2, 0) is 0 Å². The molecule has 3 rings (SSSR count). The molecule has 0 unspecified atom stereocenters. The normalized spacial score (nSPS) is 10.9. The van der Waals surface area contributed by atoms with Gasteiger partial charge in [0.05, 0.1) is 10.2 Å². The number of para-hydroxylation sites is 1. The van der Waals surface area contributed by atoms with Crippen LogP contribution in [0.2, 0.25) is 5.02 Å². The lowest BCUT2D eigenvalue weighted by molar-refractivity contribution is 0.0984. The molecule has 0 radical (unpaired) electrons. The van der Waals surface area contributed by atoms with Crippen molar-refractivity contribution in [2.75, 3.05) is 31.1 Å². The quantitative estimate of drug-likeness (QED) is 0.477. The van der Waals surface area contributed by atoms with Gasteiger partial charge in [-0.25, -0.2) is 4.98 Å². The maximum absolute atomic E-state index is 13.2. The van der Waals surface area contributed by atoms with Crippen LogP contribution in [0.15, 0.2) is 42.5 Å². The molecule has 0 atom stereocenters. The number of aromatic nitrogens is 1. The van der Waals surface area contributed by atoms with Crippen LogP contribution in [0.25, 0.3) is 10.2 Å². The van der Waals surface area contributed by atoms with E-state index < -0.39 is 0 Å². The number of likely N-dealkylation sites (N-methyl/N-ethyl adjacent to an activating group) is 1. The third kappa shape index (κ3) is 5.03. The molecular weight excluding hydrogens is 413 g/mol. The van der Waals surface area contributed by atoms with Crippen molar-refractivity contribution in [2.24, 2.45) is 0 Å². The molecule has 0 bridgehead atoms. The molecule has 150 valence electrons. The highest BCUT2D eigenvalue weighted by molar-refractivity contribution is 7.22. The van der Waals surface area contributed by atoms with Gasteiger partial charge in [-0.15, -0.1) is 12.4 Å². The van der Waals surface area contributed by atoms with Gasteiger partial charge in [0.1, 0.15) is 0 Å². The molecule has 3 aromatic rings. The molecule has 0 spiro atoms. The predicted molar refractivity (Wildman–Crippen MR) is 123 cm³/mol. The maximum atomic E-state index is 13.2. The largest absolute Gasteiger partial charge is 0.302 e. The molecular formula is C21H25Cl2N3OS. The van der Waals surface area contributed by atoms with Gasteiger partial charge in [0.15, 0.2) is 5.13 Å². The Morgan fingerprint density at radius 1 is 1.07 bits per heavy atom. The summed E-state index contributed by atoms with van der Waals surface area (Å²) in [7, 11) is 0. The van der Waals surface area contributed by atoms with Crippen LogP contribution < -0.4 is 4.90 Å². The second-order valence-electron chi connectivity index (χ2n) is 6.41. The van der Waals surface area contributed by atoms with Crippen molar-refractivity contribution in [3.63, 3.8) is 0 Å². The van der Waals surface area contributed by atoms with E-state index in [0.717, 1.165) is 40.5 Å². The van der Waals surface area contributed by atoms with E-state index in [1.807, 2.05) is 19.1 Å². The number of aryl methyl sites for hydroxylation is 1. The number of hydrogen-bond donors (Lipinski definition) is 0. The van der Waals surface area contributed by atoms with Gasteiger partial charge in [-0.3, -0.25) is 9.69 Å². The number of carbonyl (C=O) groups excluding carboxylic acids is 1. The Morgan fingerprint density at radius 2 is 1.75 bits per heavy atom. The molecule has 0 aliphatic heterocycles. The summed E-state index contributed by atoms with van der Waals surface area (Å²) in [6, 6.07) is 13.2. The molecule has 1 amide bonds. The SMILES string of the molecule is CCN(CC)CCN(C(=O)c1ccc(Cl)cc1)c1nc2c(C)cccc2s1.Cl. The Morgan fingerprint density at radius 3 is 2.36 bits per heavy atom. The van der Waals surface area contributed by atoms with E-state index in [4.69, 9.17) is 16.6 Å². The smallest absolute Gasteiger partial charge is 0.260 e. The molecule has 0 fully saturated rings. The second kappa shape index (κ2) is 10.2. The second-order valence-corrected chi connectivity index (χ2v) is 7.85. The summed E-state index contributed by atoms with van der Waals surface area (Å²) in [6.07, 6.45) is 0. The third-order valence-corrected chi connectivity index (χ3v) is 6.01. The van der Waals surface area contributed by atoms with Crippen LogP contribution in [0.4, 0.5) is 5.13 Å². The molecule has 0 aliphatic rings. The summed E-state index contributed by atoms with van der Waals surface area (Å²) < 4.78 is 1.10. The van der Waals surface area contributed by atoms with Gasteiger partial charge >= 0.3 is 0 Å². The molecule has 0 aliphatic carbocycles. The average Bonchev–Trinajstić information content (AvgIpc) is 3.11. The minimum Gasteiger partial charge on any atom is -0.302 e. The first-order valence-electron chi connectivity index (χ1n) is 9.19. The van der Waals surface area contributed by atoms with Crippen LogP contribution in [0, 0.1) is 6.92 Å². The first kappa shape index (κ1) is 22.6. The van der Waals surface area contributed by atoms with Crippen LogP contribution in [-0.4, -0.2) is 42.0 Å². The number of fused-ring (bicyclic) bond motifs is 1. The van der Waals surface area contributed by atoms with E-state index in [9.17, 15) is 4.79 Å². The molecule has 1 aromatic heterocycles. The molecule has 0 N–H and O–H groups in total. The van der Waals surface area contributed by atoms with E-state index in [1.54, 1.807) is 40.5 Å². The van der Waals surface area contributed by atoms with Crippen molar-refractivity contribution in [2.45, 2.75) is 20.8 Å². The van der Waals surface area contributed by atoms with E-state index in [0.29, 0.717) is 17.1 Å². The lowest BCUT2D eigenvalue weighted by Crippen LogP contribution is -2.38. The zero-order valence-electron chi connectivity index (χ0n) is 16.3. The predicted octanol–water partition coefficient (Wildman–Crippen LogP) is 5.67. The number of nitrogens with zero attached hydrogens (tertiary/aromatic N) is 3. The summed E-state index contributed by atoms with van der Waals surface area (Å²) in [5.74, 6) is -0.0458. The van der Waals surface area contributed by atoms with Crippen LogP contribution >= 0.6 is 35.3 Å². The zero-order valence-corrected chi connectivity index (χ0v) is 18.7. The van der Waals surface area contributed by atoms with Gasteiger partial charge in [0.2, 0.25) is 0 Å². The number of hydrogen-bond acceptors (Lipinski definition) is 4. The Hall–Kier alpha value is -1.66. The highest BCUT2D eigenvalue weighted by Gasteiger charge is 2.22. The maximum Gasteiger partial charge on any atom is 0.260 e. The van der Waals surface area contributed by atoms with Crippen molar-refractivity contribution >= 4 is 56.6 Å². The number of halogens is 2. The number of rotatable bonds is 7. The number of anilines is 1. The van der Waals surface area contributed by atoms with E-state index in [1.165, 1.54) is 0 Å². The topological polar surface area (TPSA) is 36.4 Å². The van der Waals surface area contributed by atoms with Gasteiger partial charge < -0.3 is 4.90 Å². The van der Waals surface area contributed by atoms with E-state index >= 15 is 0 Å². The third-order valence-electron chi connectivity index (χ3n) is 4.71.